The Morgan fingerprint density at radius 3 is 1.55 bits per heavy atom. The van der Waals surface area contributed by atoms with E-state index in [1.165, 1.54) is 0 Å². The third-order valence-corrected chi connectivity index (χ3v) is 8.36. The molecule has 0 saturated carbocycles. The van der Waals surface area contributed by atoms with Crippen LogP contribution in [-0.2, 0) is 0 Å². The van der Waals surface area contributed by atoms with Gasteiger partial charge in [-0.15, -0.1) is 0 Å². The molecule has 0 atom stereocenters. The van der Waals surface area contributed by atoms with Gasteiger partial charge < -0.3 is 4.42 Å². The van der Waals surface area contributed by atoms with Crippen LogP contribution in [0.2, 0.25) is 0 Å². The van der Waals surface area contributed by atoms with Crippen LogP contribution in [0.5, 0.6) is 0 Å². The Hall–Kier alpha value is -6.18. The molecule has 0 aliphatic rings. The molecule has 0 spiro atoms. The van der Waals surface area contributed by atoms with Crippen LogP contribution in [0.1, 0.15) is 28.8 Å². The standard InChI is InChI=1S/C46H28O/c1-2-15-30-29(13-1)14-11-23-34(30)44-36-18-5-7-20-38(36)45(39-21-8-6-19-37(39)44)40-28-27-33(31-16-3-4-17-32(31)40)35-24-12-26-43-46(35)41-22-9-10-25-42(41)47-43/h1-28H/i1D,2D,3D,4D,5D,6D,7D,8D,11D,13D,14D,15D,16D,17D,18D,19D,20D,21D,23D,27D,28D. The molecule has 10 rings (SSSR count). The smallest absolute Gasteiger partial charge is 0.136 e. The van der Waals surface area contributed by atoms with Crippen molar-refractivity contribution >= 4 is 65.0 Å². The molecular weight excluding hydrogens is 569 g/mol. The summed E-state index contributed by atoms with van der Waals surface area (Å²) in [5.74, 6) is 0. The van der Waals surface area contributed by atoms with Crippen molar-refractivity contribution in [1.82, 2.24) is 0 Å². The monoisotopic (exact) mass is 617 g/mol. The SMILES string of the molecule is [2H]c1c([2H])c([2H])c2c(-c3c4c([2H])c([2H])c([2H])c([2H])c4c(-c4c([2H])c([2H])c(-c5cccc6oc7ccccc7c56)c5c([2H])c([2H])c([2H])c([2H])c45)c4c([2H])c([2H])c([2H])c([2H])c34)c([2H])c([2H])c([2H])c2c1[2H]. The van der Waals surface area contributed by atoms with Gasteiger partial charge in [0, 0.05) is 10.8 Å². The van der Waals surface area contributed by atoms with Crippen LogP contribution in [0.4, 0.5) is 0 Å². The van der Waals surface area contributed by atoms with Crippen molar-refractivity contribution < 1.29 is 33.2 Å². The van der Waals surface area contributed by atoms with Gasteiger partial charge in [0.05, 0.1) is 28.8 Å². The van der Waals surface area contributed by atoms with Gasteiger partial charge in [-0.1, -0.05) is 157 Å². The molecule has 1 heterocycles. The minimum absolute atomic E-state index is 0.148. The number of furan rings is 1. The summed E-state index contributed by atoms with van der Waals surface area (Å²) in [7, 11) is 0. The maximum absolute atomic E-state index is 9.92. The fraction of sp³-hybridized carbons (Fsp3) is 0. The van der Waals surface area contributed by atoms with Gasteiger partial charge in [0.25, 0.3) is 0 Å². The Balaban J connectivity index is 1.56. The molecule has 0 bridgehead atoms. The van der Waals surface area contributed by atoms with Gasteiger partial charge in [-0.25, -0.2) is 0 Å². The van der Waals surface area contributed by atoms with E-state index in [2.05, 4.69) is 0 Å². The molecule has 0 aliphatic heterocycles. The van der Waals surface area contributed by atoms with Gasteiger partial charge in [-0.3, -0.25) is 0 Å². The van der Waals surface area contributed by atoms with Crippen LogP contribution in [0, 0.1) is 0 Å². The van der Waals surface area contributed by atoms with Gasteiger partial charge in [-0.05, 0) is 88.6 Å². The van der Waals surface area contributed by atoms with Crippen LogP contribution in [0.25, 0.3) is 98.4 Å². The van der Waals surface area contributed by atoms with Crippen LogP contribution in [0.15, 0.2) is 174 Å². The van der Waals surface area contributed by atoms with Gasteiger partial charge in [0.15, 0.2) is 0 Å². The summed E-state index contributed by atoms with van der Waals surface area (Å²) >= 11 is 0. The molecule has 9 aromatic carbocycles. The van der Waals surface area contributed by atoms with E-state index in [9.17, 15) is 12.3 Å². The van der Waals surface area contributed by atoms with Gasteiger partial charge in [0.2, 0.25) is 0 Å². The Bertz CT molecular complexity index is 3960. The van der Waals surface area contributed by atoms with E-state index in [0.717, 1.165) is 0 Å². The highest BCUT2D eigenvalue weighted by Crippen LogP contribution is 2.48. The number of benzene rings is 9. The lowest BCUT2D eigenvalue weighted by molar-refractivity contribution is 0.669. The minimum Gasteiger partial charge on any atom is -0.456 e. The molecule has 0 aliphatic carbocycles. The summed E-state index contributed by atoms with van der Waals surface area (Å²) in [6, 6.07) is -5.77. The van der Waals surface area contributed by atoms with Gasteiger partial charge >= 0.3 is 0 Å². The minimum atomic E-state index is -0.911. The van der Waals surface area contributed by atoms with Crippen molar-refractivity contribution in [3.05, 3.63) is 169 Å². The normalized spacial score (nSPS) is 18.1. The maximum Gasteiger partial charge on any atom is 0.136 e. The van der Waals surface area contributed by atoms with E-state index in [0.29, 0.717) is 21.9 Å². The zero-order chi connectivity index (χ0) is 49.2. The first-order valence-electron chi connectivity index (χ1n) is 25.0. The quantitative estimate of drug-likeness (QED) is 0.180. The van der Waals surface area contributed by atoms with Gasteiger partial charge in [-0.2, -0.15) is 0 Å². The summed E-state index contributed by atoms with van der Waals surface area (Å²) in [6.07, 6.45) is 0. The summed E-state index contributed by atoms with van der Waals surface area (Å²) in [6.45, 7) is 0. The van der Waals surface area contributed by atoms with Crippen LogP contribution < -0.4 is 0 Å². The molecule has 0 saturated heterocycles. The topological polar surface area (TPSA) is 13.1 Å². The average Bonchev–Trinajstić information content (AvgIpc) is 3.72. The molecule has 0 unspecified atom stereocenters. The predicted octanol–water partition coefficient (Wildman–Crippen LogP) is 13.2. The molecule has 0 fully saturated rings. The third kappa shape index (κ3) is 3.84. The zero-order valence-electron chi connectivity index (χ0n) is 44.9. The van der Waals surface area contributed by atoms with Crippen LogP contribution in [0.3, 0.4) is 0 Å². The molecule has 1 aromatic heterocycles. The Kier molecular flexibility index (Phi) is 2.79. The Morgan fingerprint density at radius 2 is 0.851 bits per heavy atom. The van der Waals surface area contributed by atoms with Crippen molar-refractivity contribution in [3.8, 4) is 33.4 Å². The van der Waals surface area contributed by atoms with E-state index >= 15 is 0 Å². The summed E-state index contributed by atoms with van der Waals surface area (Å²) < 4.78 is 198. The lowest BCUT2D eigenvalue weighted by Crippen LogP contribution is -1.93. The van der Waals surface area contributed by atoms with Crippen molar-refractivity contribution in [3.63, 3.8) is 0 Å². The highest BCUT2D eigenvalue weighted by molar-refractivity contribution is 6.26. The van der Waals surface area contributed by atoms with Crippen LogP contribution >= 0.6 is 0 Å². The highest BCUT2D eigenvalue weighted by Gasteiger charge is 2.21. The number of hydrogen-bond acceptors (Lipinski definition) is 1. The van der Waals surface area contributed by atoms with E-state index in [1.807, 2.05) is 0 Å². The molecule has 47 heavy (non-hydrogen) atoms. The highest BCUT2D eigenvalue weighted by atomic mass is 16.3. The zero-order valence-corrected chi connectivity index (χ0v) is 23.9. The third-order valence-electron chi connectivity index (χ3n) is 8.36. The van der Waals surface area contributed by atoms with Crippen molar-refractivity contribution in [2.24, 2.45) is 0 Å². The van der Waals surface area contributed by atoms with Crippen molar-refractivity contribution in [2.45, 2.75) is 0 Å². The summed E-state index contributed by atoms with van der Waals surface area (Å²) in [4.78, 5) is 0. The lowest BCUT2D eigenvalue weighted by Gasteiger charge is -2.20. The lowest BCUT2D eigenvalue weighted by atomic mass is 9.83. The van der Waals surface area contributed by atoms with Gasteiger partial charge in [0.1, 0.15) is 11.2 Å². The fourth-order valence-electron chi connectivity index (χ4n) is 6.43. The first kappa shape index (κ1) is 12.9. The Morgan fingerprint density at radius 1 is 0.340 bits per heavy atom. The molecule has 0 amide bonds. The molecule has 10 aromatic rings. The molecule has 218 valence electrons. The first-order chi connectivity index (χ1) is 32.1. The molecule has 1 heteroatoms. The Labute approximate surface area is 301 Å². The molecule has 0 radical (unpaired) electrons. The van der Waals surface area contributed by atoms with E-state index in [1.54, 1.807) is 42.5 Å². The molecule has 0 N–H and O–H groups in total. The number of fused-ring (bicyclic) bond motifs is 7. The maximum atomic E-state index is 9.92. The summed E-state index contributed by atoms with van der Waals surface area (Å²) in [5.41, 5.74) is -1.54. The van der Waals surface area contributed by atoms with Crippen LogP contribution in [-0.4, -0.2) is 0 Å². The molecular formula is C46H28O. The second-order valence-electron chi connectivity index (χ2n) is 10.8. The van der Waals surface area contributed by atoms with E-state index in [-0.39, 0.29) is 16.5 Å². The van der Waals surface area contributed by atoms with E-state index in [4.69, 9.17) is 20.9 Å². The van der Waals surface area contributed by atoms with E-state index < -0.39 is 187 Å². The largest absolute Gasteiger partial charge is 0.456 e. The fourth-order valence-corrected chi connectivity index (χ4v) is 6.43. The van der Waals surface area contributed by atoms with Crippen molar-refractivity contribution in [1.29, 1.82) is 0 Å². The van der Waals surface area contributed by atoms with Crippen molar-refractivity contribution in [2.75, 3.05) is 0 Å². The second kappa shape index (κ2) is 10.2. The number of para-hydroxylation sites is 1. The second-order valence-corrected chi connectivity index (χ2v) is 10.8. The molecule has 1 nitrogen and oxygen atoms in total. The number of hydrogen-bond donors (Lipinski definition) is 0. The number of rotatable bonds is 3. The average molecular weight is 618 g/mol. The first-order valence-corrected chi connectivity index (χ1v) is 14.5. The summed E-state index contributed by atoms with van der Waals surface area (Å²) in [5, 5.41) is -3.39. The predicted molar refractivity (Wildman–Crippen MR) is 200 cm³/mol.